The van der Waals surface area contributed by atoms with Gasteiger partial charge in [0.2, 0.25) is 5.91 Å². The molecule has 1 saturated heterocycles. The third-order valence-electron chi connectivity index (χ3n) is 3.37. The number of aryl methyl sites for hydroxylation is 3. The molecule has 0 unspecified atom stereocenters. The Labute approximate surface area is 114 Å². The lowest BCUT2D eigenvalue weighted by Gasteiger charge is -2.26. The van der Waals surface area contributed by atoms with E-state index < -0.39 is 0 Å². The fraction of sp³-hybridized carbons (Fsp3) is 0.571. The number of aromatic nitrogens is 1. The maximum Gasteiger partial charge on any atom is 0.238 e. The van der Waals surface area contributed by atoms with Crippen LogP contribution in [-0.2, 0) is 4.79 Å². The van der Waals surface area contributed by atoms with E-state index in [2.05, 4.69) is 20.5 Å². The van der Waals surface area contributed by atoms with Gasteiger partial charge in [0, 0.05) is 31.9 Å². The van der Waals surface area contributed by atoms with Crippen LogP contribution in [0, 0.1) is 20.8 Å². The predicted molar refractivity (Wildman–Crippen MR) is 76.4 cm³/mol. The van der Waals surface area contributed by atoms with E-state index in [-0.39, 0.29) is 5.91 Å². The van der Waals surface area contributed by atoms with Crippen molar-refractivity contribution in [3.8, 4) is 0 Å². The van der Waals surface area contributed by atoms with Crippen LogP contribution in [0.4, 0.5) is 5.69 Å². The van der Waals surface area contributed by atoms with Gasteiger partial charge in [-0.15, -0.1) is 0 Å². The predicted octanol–water partition coefficient (Wildman–Crippen LogP) is 0.851. The van der Waals surface area contributed by atoms with Gasteiger partial charge in [-0.25, -0.2) is 0 Å². The van der Waals surface area contributed by atoms with Gasteiger partial charge < -0.3 is 10.6 Å². The highest BCUT2D eigenvalue weighted by Gasteiger charge is 2.15. The summed E-state index contributed by atoms with van der Waals surface area (Å²) in [6.07, 6.45) is 0. The standard InChI is InChI=1S/C14H22N4O/c1-10-8-11(2)16-12(3)14(10)17-13(19)9-18-6-4-15-5-7-18/h8,15H,4-7,9H2,1-3H3,(H,17,19). The van der Waals surface area contributed by atoms with Crippen LogP contribution < -0.4 is 10.6 Å². The van der Waals surface area contributed by atoms with Crippen molar-refractivity contribution in [2.45, 2.75) is 20.8 Å². The van der Waals surface area contributed by atoms with Crippen molar-refractivity contribution >= 4 is 11.6 Å². The second-order valence-electron chi connectivity index (χ2n) is 5.12. The first-order valence-corrected chi connectivity index (χ1v) is 6.74. The molecule has 5 heteroatoms. The first-order chi connectivity index (χ1) is 9.06. The molecule has 2 N–H and O–H groups in total. The Morgan fingerprint density at radius 3 is 2.68 bits per heavy atom. The van der Waals surface area contributed by atoms with Crippen LogP contribution in [0.2, 0.25) is 0 Å². The third kappa shape index (κ3) is 3.75. The van der Waals surface area contributed by atoms with Crippen molar-refractivity contribution in [3.05, 3.63) is 23.0 Å². The molecular formula is C14H22N4O. The van der Waals surface area contributed by atoms with Gasteiger partial charge in [-0.1, -0.05) is 0 Å². The number of carbonyl (C=O) groups is 1. The van der Waals surface area contributed by atoms with Crippen LogP contribution in [0.1, 0.15) is 17.0 Å². The highest BCUT2D eigenvalue weighted by atomic mass is 16.2. The minimum atomic E-state index is 0.0405. The summed E-state index contributed by atoms with van der Waals surface area (Å²) in [7, 11) is 0. The number of nitrogens with one attached hydrogen (secondary N) is 2. The quantitative estimate of drug-likeness (QED) is 0.848. The van der Waals surface area contributed by atoms with Gasteiger partial charge in [-0.3, -0.25) is 14.7 Å². The molecule has 0 saturated carbocycles. The molecular weight excluding hydrogens is 240 g/mol. The van der Waals surface area contributed by atoms with E-state index in [4.69, 9.17) is 0 Å². The summed E-state index contributed by atoms with van der Waals surface area (Å²) < 4.78 is 0. The van der Waals surface area contributed by atoms with Crippen molar-refractivity contribution in [2.75, 3.05) is 38.0 Å². The van der Waals surface area contributed by atoms with Crippen LogP contribution in [0.25, 0.3) is 0 Å². The summed E-state index contributed by atoms with van der Waals surface area (Å²) in [6, 6.07) is 1.99. The van der Waals surface area contributed by atoms with Crippen molar-refractivity contribution in [3.63, 3.8) is 0 Å². The lowest BCUT2D eigenvalue weighted by atomic mass is 10.1. The second-order valence-corrected chi connectivity index (χ2v) is 5.12. The molecule has 1 amide bonds. The van der Waals surface area contributed by atoms with Gasteiger partial charge in [-0.2, -0.15) is 0 Å². The first-order valence-electron chi connectivity index (χ1n) is 6.74. The monoisotopic (exact) mass is 262 g/mol. The van der Waals surface area contributed by atoms with E-state index in [9.17, 15) is 4.79 Å². The fourth-order valence-electron chi connectivity index (χ4n) is 2.46. The summed E-state index contributed by atoms with van der Waals surface area (Å²) in [5.74, 6) is 0.0405. The number of piperazine rings is 1. The number of hydrogen-bond acceptors (Lipinski definition) is 4. The zero-order valence-corrected chi connectivity index (χ0v) is 11.9. The fourth-order valence-corrected chi connectivity index (χ4v) is 2.46. The topological polar surface area (TPSA) is 57.3 Å². The number of rotatable bonds is 3. The lowest BCUT2D eigenvalue weighted by Crippen LogP contribution is -2.46. The number of nitrogens with zero attached hydrogens (tertiary/aromatic N) is 2. The largest absolute Gasteiger partial charge is 0.323 e. The molecule has 1 aliphatic rings. The van der Waals surface area contributed by atoms with E-state index >= 15 is 0 Å². The zero-order chi connectivity index (χ0) is 13.8. The molecule has 1 aromatic heterocycles. The summed E-state index contributed by atoms with van der Waals surface area (Å²) in [5, 5.41) is 6.27. The highest BCUT2D eigenvalue weighted by molar-refractivity contribution is 5.93. The van der Waals surface area contributed by atoms with Crippen LogP contribution >= 0.6 is 0 Å². The molecule has 0 bridgehead atoms. The minimum Gasteiger partial charge on any atom is -0.323 e. The van der Waals surface area contributed by atoms with E-state index in [0.29, 0.717) is 6.54 Å². The Balaban J connectivity index is 1.98. The van der Waals surface area contributed by atoms with Gasteiger partial charge in [0.15, 0.2) is 0 Å². The van der Waals surface area contributed by atoms with Gasteiger partial charge in [-0.05, 0) is 32.4 Å². The van der Waals surface area contributed by atoms with Crippen LogP contribution in [0.5, 0.6) is 0 Å². The van der Waals surface area contributed by atoms with E-state index in [1.54, 1.807) is 0 Å². The summed E-state index contributed by atoms with van der Waals surface area (Å²) in [4.78, 5) is 18.6. The number of hydrogen-bond donors (Lipinski definition) is 2. The smallest absolute Gasteiger partial charge is 0.238 e. The third-order valence-corrected chi connectivity index (χ3v) is 3.37. The normalized spacial score (nSPS) is 16.4. The first kappa shape index (κ1) is 14.0. The van der Waals surface area contributed by atoms with Gasteiger partial charge in [0.05, 0.1) is 17.9 Å². The van der Waals surface area contributed by atoms with Crippen LogP contribution in [0.3, 0.4) is 0 Å². The van der Waals surface area contributed by atoms with Crippen LogP contribution in [0.15, 0.2) is 6.07 Å². The number of amides is 1. The van der Waals surface area contributed by atoms with Gasteiger partial charge in [0.25, 0.3) is 0 Å². The van der Waals surface area contributed by atoms with Crippen molar-refractivity contribution in [1.29, 1.82) is 0 Å². The lowest BCUT2D eigenvalue weighted by molar-refractivity contribution is -0.117. The Morgan fingerprint density at radius 2 is 2.05 bits per heavy atom. The second kappa shape index (κ2) is 6.12. The summed E-state index contributed by atoms with van der Waals surface area (Å²) >= 11 is 0. The molecule has 2 heterocycles. The minimum absolute atomic E-state index is 0.0405. The molecule has 5 nitrogen and oxygen atoms in total. The van der Waals surface area contributed by atoms with Crippen LogP contribution in [-0.4, -0.2) is 48.5 Å². The molecule has 2 rings (SSSR count). The maximum atomic E-state index is 12.1. The van der Waals surface area contributed by atoms with E-state index in [0.717, 1.165) is 48.8 Å². The molecule has 1 fully saturated rings. The maximum absolute atomic E-state index is 12.1. The SMILES string of the molecule is Cc1cc(C)c(NC(=O)CN2CCNCC2)c(C)n1. The van der Waals surface area contributed by atoms with E-state index in [1.165, 1.54) is 0 Å². The summed E-state index contributed by atoms with van der Waals surface area (Å²) in [5.41, 5.74) is 3.78. The number of anilines is 1. The Hall–Kier alpha value is -1.46. The average molecular weight is 262 g/mol. The molecule has 0 spiro atoms. The molecule has 0 radical (unpaired) electrons. The molecule has 19 heavy (non-hydrogen) atoms. The van der Waals surface area contributed by atoms with E-state index in [1.807, 2.05) is 26.8 Å². The molecule has 104 valence electrons. The zero-order valence-electron chi connectivity index (χ0n) is 11.9. The molecule has 1 aliphatic heterocycles. The van der Waals surface area contributed by atoms with Gasteiger partial charge in [0.1, 0.15) is 0 Å². The molecule has 0 aromatic carbocycles. The van der Waals surface area contributed by atoms with Crippen molar-refractivity contribution in [1.82, 2.24) is 15.2 Å². The average Bonchev–Trinajstić information content (AvgIpc) is 2.35. The van der Waals surface area contributed by atoms with Crippen molar-refractivity contribution < 1.29 is 4.79 Å². The Bertz CT molecular complexity index is 444. The number of carbonyl (C=O) groups excluding carboxylic acids is 1. The molecule has 1 aromatic rings. The molecule has 0 aliphatic carbocycles. The van der Waals surface area contributed by atoms with Gasteiger partial charge >= 0.3 is 0 Å². The Morgan fingerprint density at radius 1 is 1.37 bits per heavy atom. The summed E-state index contributed by atoms with van der Waals surface area (Å²) in [6.45, 7) is 10.1. The van der Waals surface area contributed by atoms with Crippen molar-refractivity contribution in [2.24, 2.45) is 0 Å². The Kier molecular flexibility index (Phi) is 4.50. The molecule has 0 atom stereocenters. The highest BCUT2D eigenvalue weighted by Crippen LogP contribution is 2.19. The number of pyridine rings is 1.